The molecule has 0 fully saturated rings. The Morgan fingerprint density at radius 1 is 2.00 bits per heavy atom. The van der Waals surface area contributed by atoms with Gasteiger partial charge in [0.05, 0.1) is 0 Å². The highest BCUT2D eigenvalue weighted by atomic mass is 16.5. The van der Waals surface area contributed by atoms with E-state index in [1.165, 1.54) is 0 Å². The average Bonchev–Trinajstić information content (AvgIpc) is 1.68. The number of hydrogen-bond acceptors (Lipinski definition) is 2. The van der Waals surface area contributed by atoms with Crippen LogP contribution in [0.15, 0.2) is 0 Å². The molecule has 0 aromatic heterocycles. The van der Waals surface area contributed by atoms with Crippen LogP contribution in [-0.2, 0) is 0 Å². The fourth-order valence-corrected chi connectivity index (χ4v) is 0.247. The van der Waals surface area contributed by atoms with E-state index < -0.39 is 6.29 Å². The Kier molecular flexibility index (Phi) is 2.13. The number of rotatable bonds is 3. The Labute approximate surface area is 38.9 Å². The van der Waals surface area contributed by atoms with Gasteiger partial charge in [0, 0.05) is 0 Å². The minimum atomic E-state index is -0.884. The number of aliphatic hydroxyl groups is 2. The van der Waals surface area contributed by atoms with Crippen LogP contribution in [0.4, 0.5) is 0 Å². The number of aliphatic hydroxyl groups excluding tert-OH is 1. The summed E-state index contributed by atoms with van der Waals surface area (Å²) in [7, 11) is 0. The Morgan fingerprint density at radius 3 is 2.83 bits per heavy atom. The third-order valence-corrected chi connectivity index (χ3v) is 0.536. The van der Waals surface area contributed by atoms with Crippen LogP contribution in [0.3, 0.4) is 0 Å². The first-order valence-electron chi connectivity index (χ1n) is 2.52. The molecule has 0 rings (SSSR count). The first-order valence-corrected chi connectivity index (χ1v) is 2.11. The molecule has 2 N–H and O–H groups in total. The first-order chi connectivity index (χ1) is 3.31. The molecule has 6 heavy (non-hydrogen) atoms. The maximum atomic E-state index is 8.45. The van der Waals surface area contributed by atoms with Crippen molar-refractivity contribution in [2.24, 2.45) is 0 Å². The van der Waals surface area contributed by atoms with E-state index in [9.17, 15) is 0 Å². The summed E-state index contributed by atoms with van der Waals surface area (Å²) in [5.41, 5.74) is 0. The molecule has 0 aromatic rings. The van der Waals surface area contributed by atoms with Crippen LogP contribution in [0, 0.1) is 0 Å². The molecule has 1 unspecified atom stereocenters. The minimum absolute atomic E-state index is 0.545. The molecule has 0 bridgehead atoms. The highest BCUT2D eigenvalue weighted by Crippen LogP contribution is 1.88. The molecule has 0 aromatic carbocycles. The van der Waals surface area contributed by atoms with Gasteiger partial charge in [-0.3, -0.25) is 0 Å². The highest BCUT2D eigenvalue weighted by Gasteiger charge is 1.89. The molecular formula is C4H10O2. The molecule has 0 aliphatic rings. The van der Waals surface area contributed by atoms with Gasteiger partial charge in [-0.25, -0.2) is 0 Å². The van der Waals surface area contributed by atoms with Crippen LogP contribution in [0.5, 0.6) is 0 Å². The Bertz CT molecular complexity index is 40.7. The van der Waals surface area contributed by atoms with E-state index in [1.54, 1.807) is 0 Å². The molecule has 2 heteroatoms. The van der Waals surface area contributed by atoms with Crippen LogP contribution in [0.25, 0.3) is 0 Å². The summed E-state index contributed by atoms with van der Waals surface area (Å²) >= 11 is 0. The minimum Gasteiger partial charge on any atom is -0.368 e. The van der Waals surface area contributed by atoms with Crippen molar-refractivity contribution < 1.29 is 10.2 Å². The van der Waals surface area contributed by atoms with Crippen LogP contribution in [0.2, 0.25) is 0 Å². The second kappa shape index (κ2) is 3.12. The monoisotopic (exact) mass is 91.1 g/mol. The molecule has 0 saturated heterocycles. The molecule has 38 valence electrons. The van der Waals surface area contributed by atoms with Gasteiger partial charge in [0.25, 0.3) is 0 Å². The Hall–Kier alpha value is -0.0800. The van der Waals surface area contributed by atoms with E-state index in [2.05, 4.69) is 5.11 Å². The smallest absolute Gasteiger partial charge is 0.213 e. The fourth-order valence-electron chi connectivity index (χ4n) is 0.247. The van der Waals surface area contributed by atoms with Gasteiger partial charge in [-0.2, -0.15) is 0 Å². The average molecular weight is 91.1 g/mol. The SMILES string of the molecule is [2H]OC(O)CCC. The van der Waals surface area contributed by atoms with Crippen LogP contribution in [0.1, 0.15) is 19.8 Å². The number of hydrogen-bond donors (Lipinski definition) is 2. The van der Waals surface area contributed by atoms with Gasteiger partial charge in [0.15, 0.2) is 6.29 Å². The van der Waals surface area contributed by atoms with E-state index in [0.717, 1.165) is 6.42 Å². The van der Waals surface area contributed by atoms with Crippen molar-refractivity contribution in [3.8, 4) is 0 Å². The molecule has 1 atom stereocenters. The van der Waals surface area contributed by atoms with Crippen molar-refractivity contribution in [3.05, 3.63) is 0 Å². The summed E-state index contributed by atoms with van der Waals surface area (Å²) < 4.78 is 6.16. The van der Waals surface area contributed by atoms with Gasteiger partial charge in [0.1, 0.15) is 0 Å². The summed E-state index contributed by atoms with van der Waals surface area (Å²) in [4.78, 5) is 0. The first kappa shape index (κ1) is 4.09. The Balaban J connectivity index is 2.83. The molecule has 0 aliphatic carbocycles. The molecule has 0 heterocycles. The lowest BCUT2D eigenvalue weighted by atomic mass is 10.3. The van der Waals surface area contributed by atoms with Crippen LogP contribution >= 0.6 is 0 Å². The van der Waals surface area contributed by atoms with Crippen molar-refractivity contribution in [3.63, 3.8) is 0 Å². The van der Waals surface area contributed by atoms with Crippen LogP contribution < -0.4 is 0 Å². The topological polar surface area (TPSA) is 40.5 Å². The molecular weight excluding hydrogens is 80.0 g/mol. The summed E-state index contributed by atoms with van der Waals surface area (Å²) in [5.74, 6) is 0. The van der Waals surface area contributed by atoms with E-state index in [-0.39, 0.29) is 0 Å². The summed E-state index contributed by atoms with van der Waals surface area (Å²) in [6.07, 6.45) is 0.508. The maximum Gasteiger partial charge on any atom is 0.213 e. The van der Waals surface area contributed by atoms with Crippen molar-refractivity contribution >= 4 is 0 Å². The third kappa shape index (κ3) is 3.92. The van der Waals surface area contributed by atoms with Crippen LogP contribution in [-0.4, -0.2) is 17.9 Å². The van der Waals surface area contributed by atoms with Gasteiger partial charge in [-0.1, -0.05) is 13.3 Å². The van der Waals surface area contributed by atoms with E-state index in [4.69, 9.17) is 6.54 Å². The van der Waals surface area contributed by atoms with Crippen molar-refractivity contribution in [2.45, 2.75) is 26.1 Å². The maximum absolute atomic E-state index is 8.45. The quantitative estimate of drug-likeness (QED) is 0.483. The Morgan fingerprint density at radius 2 is 2.67 bits per heavy atom. The summed E-state index contributed by atoms with van der Waals surface area (Å²) in [6.45, 7) is 1.92. The molecule has 0 aliphatic heterocycles. The van der Waals surface area contributed by atoms with E-state index in [0.29, 0.717) is 6.42 Å². The molecule has 0 saturated carbocycles. The van der Waals surface area contributed by atoms with E-state index in [1.807, 2.05) is 6.92 Å². The highest BCUT2D eigenvalue weighted by molar-refractivity contribution is 4.31. The van der Waals surface area contributed by atoms with E-state index >= 15 is 0 Å². The molecule has 0 radical (unpaired) electrons. The summed E-state index contributed by atoms with van der Waals surface area (Å²) in [5, 5.41) is 12.2. The van der Waals surface area contributed by atoms with Gasteiger partial charge < -0.3 is 10.2 Å². The van der Waals surface area contributed by atoms with Gasteiger partial charge in [0.2, 0.25) is 1.43 Å². The largest absolute Gasteiger partial charge is 0.368 e. The lowest BCUT2D eigenvalue weighted by molar-refractivity contribution is -0.0453. The van der Waals surface area contributed by atoms with Crippen molar-refractivity contribution in [1.82, 2.24) is 0 Å². The summed E-state index contributed by atoms with van der Waals surface area (Å²) in [6, 6.07) is 0. The second-order valence-electron chi connectivity index (χ2n) is 1.24. The molecule has 0 amide bonds. The standard InChI is InChI=1S/C4H10O2/c1-2-3-4(5)6/h4-6H,2-3H2,1H3/i5D. The second-order valence-corrected chi connectivity index (χ2v) is 1.24. The lowest BCUT2D eigenvalue weighted by Crippen LogP contribution is -2.01. The zero-order valence-corrected chi connectivity index (χ0v) is 3.85. The van der Waals surface area contributed by atoms with Gasteiger partial charge >= 0.3 is 0 Å². The van der Waals surface area contributed by atoms with Gasteiger partial charge in [-0.15, -0.1) is 0 Å². The lowest BCUT2D eigenvalue weighted by Gasteiger charge is -1.94. The predicted molar refractivity (Wildman–Crippen MR) is 23.1 cm³/mol. The molecule has 2 nitrogen and oxygen atoms in total. The predicted octanol–water partition coefficient (Wildman–Crippen LogP) is 0.0972. The normalized spacial score (nSPS) is 16.7. The van der Waals surface area contributed by atoms with Crippen molar-refractivity contribution in [2.75, 3.05) is 0 Å². The van der Waals surface area contributed by atoms with Crippen molar-refractivity contribution in [1.29, 1.82) is 1.43 Å². The third-order valence-electron chi connectivity index (χ3n) is 0.536. The molecule has 0 spiro atoms. The fraction of sp³-hybridized carbons (Fsp3) is 1.00. The zero-order chi connectivity index (χ0) is 5.70. The van der Waals surface area contributed by atoms with Gasteiger partial charge in [-0.05, 0) is 6.42 Å². The zero-order valence-electron chi connectivity index (χ0n) is 4.85.